The standard InChI is InChI=1S/C21H16F3NO5/c1-28-18-5-2-12(8-16(18)24)17(26)11-29-21(27)7-6-20-25-10-19(30-20)14-4-3-13(22)9-15(14)23/h2-5,8-10H,6-7,11H2,1H3. The van der Waals surface area contributed by atoms with Gasteiger partial charge in [-0.05, 0) is 30.3 Å². The van der Waals surface area contributed by atoms with Crippen LogP contribution in [-0.2, 0) is 16.0 Å². The number of rotatable bonds is 8. The van der Waals surface area contributed by atoms with Crippen molar-refractivity contribution in [3.05, 3.63) is 71.5 Å². The van der Waals surface area contributed by atoms with Crippen molar-refractivity contribution in [3.63, 3.8) is 0 Å². The van der Waals surface area contributed by atoms with Crippen LogP contribution in [0.15, 0.2) is 47.0 Å². The predicted molar refractivity (Wildman–Crippen MR) is 98.4 cm³/mol. The molecular formula is C21H16F3NO5. The Morgan fingerprint density at radius 1 is 1.07 bits per heavy atom. The summed E-state index contributed by atoms with van der Waals surface area (Å²) >= 11 is 0. The average Bonchev–Trinajstić information content (AvgIpc) is 3.19. The summed E-state index contributed by atoms with van der Waals surface area (Å²) in [6.45, 7) is -0.553. The van der Waals surface area contributed by atoms with Gasteiger partial charge in [0.25, 0.3) is 0 Å². The molecule has 2 aromatic carbocycles. The first kappa shape index (κ1) is 21.1. The van der Waals surface area contributed by atoms with Crippen LogP contribution in [0.25, 0.3) is 11.3 Å². The van der Waals surface area contributed by atoms with Crippen molar-refractivity contribution in [1.82, 2.24) is 4.98 Å². The van der Waals surface area contributed by atoms with E-state index < -0.39 is 35.8 Å². The van der Waals surface area contributed by atoms with E-state index in [2.05, 4.69) is 4.98 Å². The number of ether oxygens (including phenoxy) is 2. The molecule has 0 radical (unpaired) electrons. The first-order valence-electron chi connectivity index (χ1n) is 8.80. The number of hydrogen-bond donors (Lipinski definition) is 0. The second kappa shape index (κ2) is 9.25. The number of methoxy groups -OCH3 is 1. The summed E-state index contributed by atoms with van der Waals surface area (Å²) in [6.07, 6.45) is 1.17. The molecule has 1 aromatic heterocycles. The number of aromatic nitrogens is 1. The second-order valence-corrected chi connectivity index (χ2v) is 6.18. The minimum absolute atomic E-state index is 0.00520. The Balaban J connectivity index is 1.51. The Labute approximate surface area is 169 Å². The Morgan fingerprint density at radius 2 is 1.87 bits per heavy atom. The third kappa shape index (κ3) is 5.05. The molecule has 0 amide bonds. The fraction of sp³-hybridized carbons (Fsp3) is 0.190. The van der Waals surface area contributed by atoms with Crippen molar-refractivity contribution >= 4 is 11.8 Å². The highest BCUT2D eigenvalue weighted by atomic mass is 19.1. The largest absolute Gasteiger partial charge is 0.494 e. The molecule has 0 spiro atoms. The molecule has 0 fully saturated rings. The summed E-state index contributed by atoms with van der Waals surface area (Å²) in [5, 5.41) is 0. The highest BCUT2D eigenvalue weighted by Gasteiger charge is 2.15. The molecular weight excluding hydrogens is 403 g/mol. The molecule has 0 aliphatic rings. The molecule has 3 aromatic rings. The number of ketones is 1. The van der Waals surface area contributed by atoms with E-state index in [4.69, 9.17) is 13.9 Å². The van der Waals surface area contributed by atoms with Gasteiger partial charge < -0.3 is 13.9 Å². The quantitative estimate of drug-likeness (QED) is 0.404. The number of Topliss-reactive ketones (excluding diaryl/α,β-unsaturated/α-hetero) is 1. The van der Waals surface area contributed by atoms with Crippen LogP contribution in [0, 0.1) is 17.5 Å². The zero-order valence-electron chi connectivity index (χ0n) is 15.8. The number of carbonyl (C=O) groups is 2. The van der Waals surface area contributed by atoms with Crippen LogP contribution in [0.1, 0.15) is 22.7 Å². The van der Waals surface area contributed by atoms with Crippen LogP contribution in [0.4, 0.5) is 13.2 Å². The summed E-state index contributed by atoms with van der Waals surface area (Å²) in [7, 11) is 1.30. The lowest BCUT2D eigenvalue weighted by molar-refractivity contribution is -0.142. The maximum Gasteiger partial charge on any atom is 0.306 e. The first-order chi connectivity index (χ1) is 14.4. The number of halogens is 3. The Kier molecular flexibility index (Phi) is 6.51. The smallest absolute Gasteiger partial charge is 0.306 e. The van der Waals surface area contributed by atoms with Gasteiger partial charge in [0.1, 0.15) is 11.6 Å². The number of aryl methyl sites for hydroxylation is 1. The lowest BCUT2D eigenvalue weighted by Crippen LogP contribution is -2.14. The molecule has 1 heterocycles. The van der Waals surface area contributed by atoms with Crippen molar-refractivity contribution in [2.45, 2.75) is 12.8 Å². The molecule has 0 unspecified atom stereocenters. The number of esters is 1. The molecule has 30 heavy (non-hydrogen) atoms. The van der Waals surface area contributed by atoms with E-state index in [9.17, 15) is 22.8 Å². The minimum Gasteiger partial charge on any atom is -0.494 e. The number of carbonyl (C=O) groups excluding carboxylic acids is 2. The highest BCUT2D eigenvalue weighted by Crippen LogP contribution is 2.24. The van der Waals surface area contributed by atoms with E-state index in [1.54, 1.807) is 0 Å². The fourth-order valence-corrected chi connectivity index (χ4v) is 2.59. The zero-order chi connectivity index (χ0) is 21.7. The molecule has 0 aliphatic heterocycles. The third-order valence-electron chi connectivity index (χ3n) is 4.13. The van der Waals surface area contributed by atoms with Crippen molar-refractivity contribution in [2.75, 3.05) is 13.7 Å². The van der Waals surface area contributed by atoms with Crippen molar-refractivity contribution in [2.24, 2.45) is 0 Å². The normalized spacial score (nSPS) is 10.7. The zero-order valence-corrected chi connectivity index (χ0v) is 15.8. The predicted octanol–water partition coefficient (Wildman–Crippen LogP) is 4.13. The molecule has 0 saturated heterocycles. The Morgan fingerprint density at radius 3 is 2.57 bits per heavy atom. The monoisotopic (exact) mass is 419 g/mol. The Bertz CT molecular complexity index is 1080. The SMILES string of the molecule is COc1ccc(C(=O)COC(=O)CCc2ncc(-c3ccc(F)cc3F)o2)cc1F. The van der Waals surface area contributed by atoms with Crippen LogP contribution >= 0.6 is 0 Å². The average molecular weight is 419 g/mol. The van der Waals surface area contributed by atoms with Gasteiger partial charge >= 0.3 is 5.97 Å². The summed E-state index contributed by atoms with van der Waals surface area (Å²) in [5.74, 6) is -3.25. The molecule has 6 nitrogen and oxygen atoms in total. The van der Waals surface area contributed by atoms with Gasteiger partial charge in [-0.15, -0.1) is 0 Å². The number of nitrogens with zero attached hydrogens (tertiary/aromatic N) is 1. The molecule has 156 valence electrons. The van der Waals surface area contributed by atoms with Crippen LogP contribution in [0.3, 0.4) is 0 Å². The minimum atomic E-state index is -0.800. The second-order valence-electron chi connectivity index (χ2n) is 6.18. The molecule has 9 heteroatoms. The molecule has 0 N–H and O–H groups in total. The lowest BCUT2D eigenvalue weighted by atomic mass is 10.1. The van der Waals surface area contributed by atoms with Crippen LogP contribution in [0.2, 0.25) is 0 Å². The highest BCUT2D eigenvalue weighted by molar-refractivity contribution is 5.98. The molecule has 3 rings (SSSR count). The van der Waals surface area contributed by atoms with Crippen LogP contribution < -0.4 is 4.74 Å². The van der Waals surface area contributed by atoms with Gasteiger partial charge in [0.05, 0.1) is 25.3 Å². The first-order valence-corrected chi connectivity index (χ1v) is 8.80. The maximum atomic E-state index is 13.8. The van der Waals surface area contributed by atoms with Gasteiger partial charge in [0.15, 0.2) is 35.6 Å². The maximum absolute atomic E-state index is 13.8. The van der Waals surface area contributed by atoms with E-state index in [1.807, 2.05) is 0 Å². The number of benzene rings is 2. The Hall–Kier alpha value is -3.62. The molecule has 0 atom stereocenters. The molecule has 0 aliphatic carbocycles. The van der Waals surface area contributed by atoms with Gasteiger partial charge in [-0.2, -0.15) is 0 Å². The fourth-order valence-electron chi connectivity index (χ4n) is 2.59. The van der Waals surface area contributed by atoms with Gasteiger partial charge in [-0.25, -0.2) is 18.2 Å². The van der Waals surface area contributed by atoms with E-state index in [0.29, 0.717) is 0 Å². The molecule has 0 saturated carbocycles. The lowest BCUT2D eigenvalue weighted by Gasteiger charge is -2.06. The molecule has 0 bridgehead atoms. The van der Waals surface area contributed by atoms with Gasteiger partial charge in [0.2, 0.25) is 0 Å². The number of oxazole rings is 1. The van der Waals surface area contributed by atoms with E-state index in [-0.39, 0.29) is 41.4 Å². The van der Waals surface area contributed by atoms with Crippen molar-refractivity contribution < 1.29 is 36.7 Å². The van der Waals surface area contributed by atoms with E-state index >= 15 is 0 Å². The summed E-state index contributed by atoms with van der Waals surface area (Å²) in [4.78, 5) is 27.8. The third-order valence-corrected chi connectivity index (χ3v) is 4.13. The summed E-state index contributed by atoms with van der Waals surface area (Å²) in [6, 6.07) is 6.69. The van der Waals surface area contributed by atoms with Crippen LogP contribution in [-0.4, -0.2) is 30.5 Å². The summed E-state index contributed by atoms with van der Waals surface area (Å²) in [5.41, 5.74) is 0.0785. The van der Waals surface area contributed by atoms with Gasteiger partial charge in [0, 0.05) is 18.1 Å². The van der Waals surface area contributed by atoms with Crippen molar-refractivity contribution in [3.8, 4) is 17.1 Å². The van der Waals surface area contributed by atoms with Crippen LogP contribution in [0.5, 0.6) is 5.75 Å². The van der Waals surface area contributed by atoms with E-state index in [0.717, 1.165) is 18.2 Å². The number of hydrogen-bond acceptors (Lipinski definition) is 6. The van der Waals surface area contributed by atoms with Gasteiger partial charge in [-0.1, -0.05) is 0 Å². The van der Waals surface area contributed by atoms with Gasteiger partial charge in [-0.3, -0.25) is 9.59 Å². The topological polar surface area (TPSA) is 78.6 Å². The summed E-state index contributed by atoms with van der Waals surface area (Å²) < 4.78 is 55.4. The van der Waals surface area contributed by atoms with Crippen molar-refractivity contribution in [1.29, 1.82) is 0 Å². The van der Waals surface area contributed by atoms with E-state index in [1.165, 1.54) is 31.5 Å².